The quantitative estimate of drug-likeness (QED) is 0.838. The molecule has 1 aromatic carbocycles. The summed E-state index contributed by atoms with van der Waals surface area (Å²) in [5.74, 6) is -0.411. The van der Waals surface area contributed by atoms with E-state index in [1.165, 1.54) is 6.07 Å². The van der Waals surface area contributed by atoms with Crippen molar-refractivity contribution in [2.24, 2.45) is 5.73 Å². The van der Waals surface area contributed by atoms with E-state index in [1.807, 2.05) is 6.92 Å². The minimum absolute atomic E-state index is 0.0214. The molecule has 0 aliphatic heterocycles. The first-order valence-corrected chi connectivity index (χ1v) is 5.79. The molecule has 0 radical (unpaired) electrons. The molecule has 0 amide bonds. The summed E-state index contributed by atoms with van der Waals surface area (Å²) >= 11 is 5.73. The van der Waals surface area contributed by atoms with E-state index >= 15 is 0 Å². The van der Waals surface area contributed by atoms with Crippen LogP contribution in [0.5, 0.6) is 0 Å². The largest absolute Gasteiger partial charge is 0.396 e. The van der Waals surface area contributed by atoms with Gasteiger partial charge in [0.15, 0.2) is 0 Å². The van der Waals surface area contributed by atoms with Crippen molar-refractivity contribution < 1.29 is 9.50 Å². The molecule has 2 nitrogen and oxygen atoms in total. The van der Waals surface area contributed by atoms with E-state index in [1.54, 1.807) is 12.1 Å². The highest BCUT2D eigenvalue weighted by Crippen LogP contribution is 2.27. The van der Waals surface area contributed by atoms with Gasteiger partial charge in [-0.25, -0.2) is 4.39 Å². The number of benzene rings is 1. The number of hydrogen-bond acceptors (Lipinski definition) is 2. The predicted octanol–water partition coefficient (Wildman–Crippen LogP) is 2.68. The maximum absolute atomic E-state index is 13.0. The molecule has 0 fully saturated rings. The lowest BCUT2D eigenvalue weighted by molar-refractivity contribution is 0.266. The molecule has 90 valence electrons. The maximum atomic E-state index is 13.0. The second kappa shape index (κ2) is 6.18. The Morgan fingerprint density at radius 2 is 2.19 bits per heavy atom. The molecule has 0 aliphatic rings. The zero-order valence-electron chi connectivity index (χ0n) is 9.29. The fourth-order valence-corrected chi connectivity index (χ4v) is 1.98. The number of nitrogens with two attached hydrogens (primary N) is 1. The van der Waals surface area contributed by atoms with Crippen LogP contribution in [0.2, 0.25) is 5.02 Å². The summed E-state index contributed by atoms with van der Waals surface area (Å²) in [6, 6.07) is 4.56. The standard InChI is InChI=1S/C12H17ClFNO/c1-2-12(15)9(5-6-16)8-3-4-11(14)10(13)7-8/h3-4,7,9,12,16H,2,5-6,15H2,1H3. The van der Waals surface area contributed by atoms with Crippen LogP contribution in [0.3, 0.4) is 0 Å². The molecule has 0 saturated carbocycles. The molecule has 16 heavy (non-hydrogen) atoms. The van der Waals surface area contributed by atoms with Gasteiger partial charge in [0.2, 0.25) is 0 Å². The lowest BCUT2D eigenvalue weighted by atomic mass is 9.88. The molecule has 0 aromatic heterocycles. The summed E-state index contributed by atoms with van der Waals surface area (Å²) in [5.41, 5.74) is 6.86. The van der Waals surface area contributed by atoms with Gasteiger partial charge >= 0.3 is 0 Å². The van der Waals surface area contributed by atoms with E-state index in [4.69, 9.17) is 22.4 Å². The maximum Gasteiger partial charge on any atom is 0.141 e. The van der Waals surface area contributed by atoms with E-state index in [9.17, 15) is 4.39 Å². The predicted molar refractivity (Wildman–Crippen MR) is 64.1 cm³/mol. The van der Waals surface area contributed by atoms with Crippen LogP contribution in [-0.2, 0) is 0 Å². The molecular weight excluding hydrogens is 229 g/mol. The van der Waals surface area contributed by atoms with E-state index in [2.05, 4.69) is 0 Å². The average Bonchev–Trinajstić information content (AvgIpc) is 2.29. The Kier molecular flexibility index (Phi) is 5.19. The Morgan fingerprint density at radius 3 is 2.69 bits per heavy atom. The third-order valence-corrected chi connectivity index (χ3v) is 3.09. The van der Waals surface area contributed by atoms with E-state index < -0.39 is 5.82 Å². The first kappa shape index (κ1) is 13.4. The van der Waals surface area contributed by atoms with E-state index in [0.29, 0.717) is 6.42 Å². The van der Waals surface area contributed by atoms with Crippen LogP contribution in [0, 0.1) is 5.82 Å². The van der Waals surface area contributed by atoms with Crippen LogP contribution in [-0.4, -0.2) is 17.8 Å². The smallest absolute Gasteiger partial charge is 0.141 e. The molecule has 1 rings (SSSR count). The van der Waals surface area contributed by atoms with Gasteiger partial charge in [-0.3, -0.25) is 0 Å². The van der Waals surface area contributed by atoms with Crippen molar-refractivity contribution in [3.8, 4) is 0 Å². The summed E-state index contributed by atoms with van der Waals surface area (Å²) in [5, 5.41) is 9.10. The topological polar surface area (TPSA) is 46.2 Å². The normalized spacial score (nSPS) is 14.8. The lowest BCUT2D eigenvalue weighted by Gasteiger charge is -2.22. The SMILES string of the molecule is CCC(N)C(CCO)c1ccc(F)c(Cl)c1. The second-order valence-corrected chi connectivity index (χ2v) is 4.27. The Hall–Kier alpha value is -0.640. The number of halogens is 2. The van der Waals surface area contributed by atoms with Crippen molar-refractivity contribution in [1.82, 2.24) is 0 Å². The first-order chi connectivity index (χ1) is 7.60. The highest BCUT2D eigenvalue weighted by atomic mass is 35.5. The average molecular weight is 246 g/mol. The van der Waals surface area contributed by atoms with Gasteiger partial charge < -0.3 is 10.8 Å². The van der Waals surface area contributed by atoms with Crippen molar-refractivity contribution in [2.75, 3.05) is 6.61 Å². The van der Waals surface area contributed by atoms with Crippen LogP contribution in [0.1, 0.15) is 31.2 Å². The van der Waals surface area contributed by atoms with Crippen LogP contribution < -0.4 is 5.73 Å². The van der Waals surface area contributed by atoms with Gasteiger partial charge in [0.05, 0.1) is 5.02 Å². The number of hydrogen-bond donors (Lipinski definition) is 2. The van der Waals surface area contributed by atoms with Crippen molar-refractivity contribution in [3.63, 3.8) is 0 Å². The minimum Gasteiger partial charge on any atom is -0.396 e. The van der Waals surface area contributed by atoms with Crippen LogP contribution in [0.15, 0.2) is 18.2 Å². The third-order valence-electron chi connectivity index (χ3n) is 2.80. The van der Waals surface area contributed by atoms with E-state index in [0.717, 1.165) is 12.0 Å². The molecule has 0 bridgehead atoms. The summed E-state index contributed by atoms with van der Waals surface area (Å²) < 4.78 is 13.0. The number of aliphatic hydroxyl groups excluding tert-OH is 1. The minimum atomic E-state index is -0.432. The molecule has 2 atom stereocenters. The number of rotatable bonds is 5. The van der Waals surface area contributed by atoms with E-state index in [-0.39, 0.29) is 23.6 Å². The van der Waals surface area contributed by atoms with Gasteiger partial charge in [-0.1, -0.05) is 24.6 Å². The highest BCUT2D eigenvalue weighted by Gasteiger charge is 2.18. The molecule has 2 unspecified atom stereocenters. The summed E-state index contributed by atoms with van der Waals surface area (Å²) in [7, 11) is 0. The van der Waals surface area contributed by atoms with Gasteiger partial charge in [-0.05, 0) is 30.5 Å². The molecule has 0 saturated heterocycles. The molecule has 3 N–H and O–H groups in total. The van der Waals surface area contributed by atoms with Crippen LogP contribution in [0.25, 0.3) is 0 Å². The van der Waals surface area contributed by atoms with Crippen molar-refractivity contribution in [2.45, 2.75) is 31.7 Å². The van der Waals surface area contributed by atoms with Gasteiger partial charge in [-0.15, -0.1) is 0 Å². The molecule has 0 aliphatic carbocycles. The molecule has 0 heterocycles. The summed E-state index contributed by atoms with van der Waals surface area (Å²) in [6.45, 7) is 2.05. The monoisotopic (exact) mass is 245 g/mol. The van der Waals surface area contributed by atoms with Gasteiger partial charge in [0.25, 0.3) is 0 Å². The third kappa shape index (κ3) is 3.17. The lowest BCUT2D eigenvalue weighted by Crippen LogP contribution is -2.28. The summed E-state index contributed by atoms with van der Waals surface area (Å²) in [4.78, 5) is 0. The zero-order valence-corrected chi connectivity index (χ0v) is 10.0. The number of aliphatic hydroxyl groups is 1. The zero-order chi connectivity index (χ0) is 12.1. The van der Waals surface area contributed by atoms with Crippen molar-refractivity contribution in [3.05, 3.63) is 34.6 Å². The van der Waals surface area contributed by atoms with Crippen molar-refractivity contribution in [1.29, 1.82) is 0 Å². The van der Waals surface area contributed by atoms with Gasteiger partial charge in [-0.2, -0.15) is 0 Å². The molecule has 1 aromatic rings. The fraction of sp³-hybridized carbons (Fsp3) is 0.500. The Bertz CT molecular complexity index is 346. The Labute approximate surface area is 100 Å². The van der Waals surface area contributed by atoms with Crippen molar-refractivity contribution >= 4 is 11.6 Å². The Morgan fingerprint density at radius 1 is 1.50 bits per heavy atom. The molecule has 4 heteroatoms. The second-order valence-electron chi connectivity index (χ2n) is 3.86. The fourth-order valence-electron chi connectivity index (χ4n) is 1.79. The Balaban J connectivity index is 2.96. The first-order valence-electron chi connectivity index (χ1n) is 5.41. The molecular formula is C12H17ClFNO. The highest BCUT2D eigenvalue weighted by molar-refractivity contribution is 6.30. The molecule has 0 spiro atoms. The summed E-state index contributed by atoms with van der Waals surface area (Å²) in [6.07, 6.45) is 1.37. The van der Waals surface area contributed by atoms with Gasteiger partial charge in [0.1, 0.15) is 5.82 Å². The van der Waals surface area contributed by atoms with Crippen LogP contribution >= 0.6 is 11.6 Å². The van der Waals surface area contributed by atoms with Crippen LogP contribution in [0.4, 0.5) is 4.39 Å². The van der Waals surface area contributed by atoms with Gasteiger partial charge in [0, 0.05) is 18.6 Å².